The number of nitrogens with one attached hydrogen (secondary N) is 1. The van der Waals surface area contributed by atoms with E-state index in [4.69, 9.17) is 4.74 Å². The smallest absolute Gasteiger partial charge is 0.249 e. The lowest BCUT2D eigenvalue weighted by atomic mass is 10.1. The second kappa shape index (κ2) is 6.90. The number of aromatic nitrogens is 2. The first-order chi connectivity index (χ1) is 12.1. The zero-order chi connectivity index (χ0) is 17.4. The Labute approximate surface area is 151 Å². The van der Waals surface area contributed by atoms with Gasteiger partial charge in [-0.3, -0.25) is 9.69 Å². The molecule has 0 spiro atoms. The molecule has 1 amide bonds. The Balaban J connectivity index is 1.32. The Hall–Kier alpha value is -1.70. The number of amides is 1. The summed E-state index contributed by atoms with van der Waals surface area (Å²) in [6, 6.07) is 4.73. The Morgan fingerprint density at radius 3 is 3.08 bits per heavy atom. The van der Waals surface area contributed by atoms with Gasteiger partial charge in [0.2, 0.25) is 5.91 Å². The fourth-order valence-electron chi connectivity index (χ4n) is 3.81. The summed E-state index contributed by atoms with van der Waals surface area (Å²) in [6.45, 7) is 4.59. The first-order valence-electron chi connectivity index (χ1n) is 8.79. The van der Waals surface area contributed by atoms with Crippen molar-refractivity contribution in [3.8, 4) is 0 Å². The second-order valence-corrected chi connectivity index (χ2v) is 8.28. The van der Waals surface area contributed by atoms with Crippen molar-refractivity contribution in [3.05, 3.63) is 40.1 Å². The van der Waals surface area contributed by atoms with E-state index in [2.05, 4.69) is 34.3 Å². The normalized spacial score (nSPS) is 26.1. The minimum Gasteiger partial charge on any atom is -0.363 e. The standard InChI is InChI=1S/C18H24N4O2S/c1-12-3-4-13(25-12)11-22-7-5-15-14(22)9-16(24-15)18(23)20-10-17-19-6-8-21(17)2/h3-4,6,8,14-16H,5,7,9-11H2,1-2H3,(H,20,23)/t14-,15-,16+/m1/s1. The molecule has 2 aliphatic rings. The fourth-order valence-corrected chi connectivity index (χ4v) is 4.73. The molecular weight excluding hydrogens is 336 g/mol. The molecule has 2 aliphatic heterocycles. The third-order valence-corrected chi connectivity index (χ3v) is 6.17. The third-order valence-electron chi connectivity index (χ3n) is 5.18. The molecule has 1 N–H and O–H groups in total. The summed E-state index contributed by atoms with van der Waals surface area (Å²) in [5.41, 5.74) is 0. The molecule has 3 atom stereocenters. The molecule has 6 nitrogen and oxygen atoms in total. The van der Waals surface area contributed by atoms with Crippen LogP contribution in [0.5, 0.6) is 0 Å². The van der Waals surface area contributed by atoms with Crippen molar-refractivity contribution in [2.45, 2.75) is 51.1 Å². The van der Waals surface area contributed by atoms with E-state index in [9.17, 15) is 4.79 Å². The molecule has 2 fully saturated rings. The van der Waals surface area contributed by atoms with Crippen molar-refractivity contribution in [1.82, 2.24) is 19.8 Å². The van der Waals surface area contributed by atoms with Gasteiger partial charge in [-0.05, 0) is 25.5 Å². The van der Waals surface area contributed by atoms with Gasteiger partial charge in [-0.1, -0.05) is 0 Å². The quantitative estimate of drug-likeness (QED) is 0.884. The van der Waals surface area contributed by atoms with Crippen LogP contribution in [-0.4, -0.2) is 45.2 Å². The molecule has 4 rings (SSSR count). The number of thiophene rings is 1. The first kappa shape index (κ1) is 16.8. The lowest BCUT2D eigenvalue weighted by molar-refractivity contribution is -0.132. The van der Waals surface area contributed by atoms with Crippen molar-refractivity contribution in [2.24, 2.45) is 7.05 Å². The van der Waals surface area contributed by atoms with Crippen LogP contribution >= 0.6 is 11.3 Å². The van der Waals surface area contributed by atoms with Crippen molar-refractivity contribution >= 4 is 17.2 Å². The molecule has 2 saturated heterocycles. The van der Waals surface area contributed by atoms with Gasteiger partial charge < -0.3 is 14.6 Å². The molecule has 0 unspecified atom stereocenters. The van der Waals surface area contributed by atoms with Crippen molar-refractivity contribution in [1.29, 1.82) is 0 Å². The van der Waals surface area contributed by atoms with Gasteiger partial charge in [-0.15, -0.1) is 11.3 Å². The maximum Gasteiger partial charge on any atom is 0.249 e. The summed E-state index contributed by atoms with van der Waals surface area (Å²) in [5.74, 6) is 0.825. The van der Waals surface area contributed by atoms with Gasteiger partial charge in [0.05, 0.1) is 12.6 Å². The molecular formula is C18H24N4O2S. The van der Waals surface area contributed by atoms with Crippen LogP contribution in [0.1, 0.15) is 28.4 Å². The van der Waals surface area contributed by atoms with Crippen LogP contribution in [0, 0.1) is 6.92 Å². The minimum absolute atomic E-state index is 0.0238. The molecule has 2 aromatic rings. The van der Waals surface area contributed by atoms with E-state index in [1.54, 1.807) is 6.20 Å². The number of carbonyl (C=O) groups excluding carboxylic acids is 1. The van der Waals surface area contributed by atoms with Crippen LogP contribution in [0.25, 0.3) is 0 Å². The number of nitrogens with zero attached hydrogens (tertiary/aromatic N) is 3. The molecule has 2 aromatic heterocycles. The van der Waals surface area contributed by atoms with E-state index in [0.717, 1.165) is 31.8 Å². The van der Waals surface area contributed by atoms with Gasteiger partial charge in [0.25, 0.3) is 0 Å². The lowest BCUT2D eigenvalue weighted by Crippen LogP contribution is -2.36. The topological polar surface area (TPSA) is 59.4 Å². The zero-order valence-corrected chi connectivity index (χ0v) is 15.5. The molecule has 0 aliphatic carbocycles. The lowest BCUT2D eigenvalue weighted by Gasteiger charge is -2.21. The van der Waals surface area contributed by atoms with E-state index in [1.807, 2.05) is 29.1 Å². The number of hydrogen-bond acceptors (Lipinski definition) is 5. The number of imidazole rings is 1. The van der Waals surface area contributed by atoms with Crippen molar-refractivity contribution in [3.63, 3.8) is 0 Å². The van der Waals surface area contributed by atoms with Crippen molar-refractivity contribution < 1.29 is 9.53 Å². The Morgan fingerprint density at radius 2 is 2.36 bits per heavy atom. The van der Waals surface area contributed by atoms with E-state index >= 15 is 0 Å². The molecule has 0 bridgehead atoms. The molecule has 25 heavy (non-hydrogen) atoms. The molecule has 7 heteroatoms. The number of rotatable bonds is 5. The number of fused-ring (bicyclic) bond motifs is 1. The average molecular weight is 360 g/mol. The predicted octanol–water partition coefficient (Wildman–Crippen LogP) is 1.84. The van der Waals surface area contributed by atoms with Gasteiger partial charge in [-0.2, -0.15) is 0 Å². The molecule has 0 aromatic carbocycles. The maximum atomic E-state index is 12.5. The van der Waals surface area contributed by atoms with Gasteiger partial charge >= 0.3 is 0 Å². The van der Waals surface area contributed by atoms with Crippen LogP contribution in [-0.2, 0) is 29.7 Å². The summed E-state index contributed by atoms with van der Waals surface area (Å²) in [5, 5.41) is 2.96. The Morgan fingerprint density at radius 1 is 1.48 bits per heavy atom. The molecule has 0 radical (unpaired) electrons. The summed E-state index contributed by atoms with van der Waals surface area (Å²) < 4.78 is 7.95. The van der Waals surface area contributed by atoms with Crippen molar-refractivity contribution in [2.75, 3.05) is 6.54 Å². The highest BCUT2D eigenvalue weighted by atomic mass is 32.1. The molecule has 4 heterocycles. The Kier molecular flexibility index (Phi) is 4.62. The predicted molar refractivity (Wildman–Crippen MR) is 96.2 cm³/mol. The number of likely N-dealkylation sites (tertiary alicyclic amines) is 1. The molecule has 0 saturated carbocycles. The summed E-state index contributed by atoms with van der Waals surface area (Å²) in [7, 11) is 1.93. The number of hydrogen-bond donors (Lipinski definition) is 1. The van der Waals surface area contributed by atoms with E-state index < -0.39 is 0 Å². The maximum absolute atomic E-state index is 12.5. The summed E-state index contributed by atoms with van der Waals surface area (Å²) in [6.07, 6.45) is 5.25. The van der Waals surface area contributed by atoms with Gasteiger partial charge in [-0.25, -0.2) is 4.98 Å². The second-order valence-electron chi connectivity index (χ2n) is 6.91. The minimum atomic E-state index is -0.344. The average Bonchev–Trinajstić information content (AvgIpc) is 3.33. The van der Waals surface area contributed by atoms with E-state index in [1.165, 1.54) is 9.75 Å². The summed E-state index contributed by atoms with van der Waals surface area (Å²) in [4.78, 5) is 21.9. The van der Waals surface area contributed by atoms with Gasteiger partial charge in [0.15, 0.2) is 0 Å². The van der Waals surface area contributed by atoms with Crippen LogP contribution in [0.4, 0.5) is 0 Å². The number of aryl methyl sites for hydroxylation is 2. The Bertz CT molecular complexity index is 756. The fraction of sp³-hybridized carbons (Fsp3) is 0.556. The monoisotopic (exact) mass is 360 g/mol. The van der Waals surface area contributed by atoms with Crippen LogP contribution < -0.4 is 5.32 Å². The highest BCUT2D eigenvalue weighted by Crippen LogP contribution is 2.34. The zero-order valence-electron chi connectivity index (χ0n) is 14.6. The first-order valence-corrected chi connectivity index (χ1v) is 9.60. The highest BCUT2D eigenvalue weighted by Gasteiger charge is 2.45. The molecule has 134 valence electrons. The summed E-state index contributed by atoms with van der Waals surface area (Å²) >= 11 is 1.85. The largest absolute Gasteiger partial charge is 0.363 e. The van der Waals surface area contributed by atoms with Crippen LogP contribution in [0.2, 0.25) is 0 Å². The highest BCUT2D eigenvalue weighted by molar-refractivity contribution is 7.11. The van der Waals surface area contributed by atoms with E-state index in [-0.39, 0.29) is 18.1 Å². The van der Waals surface area contributed by atoms with Gasteiger partial charge in [0, 0.05) is 54.7 Å². The SMILES string of the molecule is Cc1ccc(CN2CC[C@H]3O[C@H](C(=O)NCc4nccn4C)C[C@H]32)s1. The van der Waals surface area contributed by atoms with Crippen LogP contribution in [0.15, 0.2) is 24.5 Å². The third kappa shape index (κ3) is 3.49. The van der Waals surface area contributed by atoms with Gasteiger partial charge in [0.1, 0.15) is 11.9 Å². The van der Waals surface area contributed by atoms with E-state index in [0.29, 0.717) is 12.6 Å². The number of carbonyl (C=O) groups is 1. The number of ether oxygens (including phenoxy) is 1. The van der Waals surface area contributed by atoms with Crippen LogP contribution in [0.3, 0.4) is 0 Å².